The highest BCUT2D eigenvalue weighted by molar-refractivity contribution is 5.26. The van der Waals surface area contributed by atoms with Crippen LogP contribution in [0.5, 0.6) is 0 Å². The second kappa shape index (κ2) is 20.9. The topological polar surface area (TPSA) is 335 Å². The molecule has 4 aliphatic carbocycles. The first-order valence-electron chi connectivity index (χ1n) is 26.4. The summed E-state index contributed by atoms with van der Waals surface area (Å²) in [6.45, 7) is 7.28. The minimum absolute atomic E-state index is 0.0473. The highest BCUT2D eigenvalue weighted by atomic mass is 16.8. The lowest BCUT2D eigenvalue weighted by atomic mass is 9.47. The lowest BCUT2D eigenvalue weighted by Crippen LogP contribution is -2.68. The quantitative estimate of drug-likeness (QED) is 0.0964. The zero-order chi connectivity index (χ0) is 51.3. The van der Waals surface area contributed by atoms with E-state index in [2.05, 4.69) is 33.8 Å². The van der Waals surface area contributed by atoms with Crippen molar-refractivity contribution in [3.8, 4) is 0 Å². The number of hydrogen-bond acceptors (Lipinski definition) is 22. The van der Waals surface area contributed by atoms with Gasteiger partial charge in [-0.25, -0.2) is 0 Å². The lowest BCUT2D eigenvalue weighted by molar-refractivity contribution is -0.403. The van der Waals surface area contributed by atoms with E-state index in [0.717, 1.165) is 51.6 Å². The molecular formula is C50H80O22. The molecule has 3 saturated carbocycles. The van der Waals surface area contributed by atoms with Crippen molar-refractivity contribution in [3.05, 3.63) is 11.6 Å². The van der Waals surface area contributed by atoms with Gasteiger partial charge in [0.15, 0.2) is 30.9 Å². The van der Waals surface area contributed by atoms with Crippen LogP contribution >= 0.6 is 0 Å². The van der Waals surface area contributed by atoms with E-state index in [9.17, 15) is 61.3 Å². The SMILES string of the molecule is C[C@@H]1CC[C@@]2(OC1)O[C@H]1C[C@H]3[C@@H]4CC=C5C[C@H](O[C@@H]6O[C@H](CO)[C@H](O[C@@H]7O[C@H](CO)[C@@H](O)[C@H](O[C@@H]8OC[C@@H](O)[C@H](O)[C@H]8O)[C@H]7O[C@@H]7O[C@H](CO)[C@@H](O)[C@H](O)[C@H]7O)[C@H](O)[C@H]6O)CC[C@]5(C)[C@H]4CC[C@]3(C)[C@H]1[C@@H]2C. The highest BCUT2D eigenvalue weighted by Crippen LogP contribution is 2.70. The molecule has 22 heteroatoms. The second-order valence-corrected chi connectivity index (χ2v) is 23.5. The van der Waals surface area contributed by atoms with Crippen molar-refractivity contribution in [3.63, 3.8) is 0 Å². The maximum atomic E-state index is 11.8. The van der Waals surface area contributed by atoms with Crippen LogP contribution in [0.4, 0.5) is 0 Å². The molecule has 412 valence electrons. The summed E-state index contributed by atoms with van der Waals surface area (Å²) in [6, 6.07) is 0. The molecule has 0 bridgehead atoms. The normalized spacial score (nSPS) is 56.7. The summed E-state index contributed by atoms with van der Waals surface area (Å²) < 4.78 is 61.3. The molecule has 12 N–H and O–H groups in total. The molecule has 30 atom stereocenters. The fraction of sp³-hybridized carbons (Fsp3) is 0.960. The summed E-state index contributed by atoms with van der Waals surface area (Å²) >= 11 is 0. The van der Waals surface area contributed by atoms with E-state index < -0.39 is 155 Å². The van der Waals surface area contributed by atoms with E-state index in [1.807, 2.05) is 0 Å². The van der Waals surface area contributed by atoms with Gasteiger partial charge in [-0.15, -0.1) is 0 Å². The van der Waals surface area contributed by atoms with Crippen LogP contribution in [0.1, 0.15) is 85.5 Å². The minimum Gasteiger partial charge on any atom is -0.394 e. The molecule has 0 amide bonds. The molecule has 72 heavy (non-hydrogen) atoms. The molecule has 0 unspecified atom stereocenters. The van der Waals surface area contributed by atoms with Gasteiger partial charge in [-0.05, 0) is 91.8 Å². The number of aliphatic hydroxyl groups is 12. The van der Waals surface area contributed by atoms with E-state index in [1.165, 1.54) is 5.57 Å². The van der Waals surface area contributed by atoms with Crippen molar-refractivity contribution >= 4 is 0 Å². The standard InChI is InChI=1S/C50H80O22/c1-20-7-12-50(64-18-20)21(2)32-28(72-50)14-26-24-6-5-22-13-23(8-10-48(22,3)25(24)9-11-49(26,32)4)65-45-40(62)37(59)41(31(17-53)68-45)69-47-43(71-46-39(61)36(58)34(56)29(15-51)66-46)42(35(57)30(16-52)67-47)70-44-38(60)33(55)27(54)19-63-44/h5,20-21,23-47,51-62H,6-19H2,1-4H3/t20-,21+,23-,24-,25+,26+,27-,28+,29-,30-,31-,32+,33+,34-,35-,36+,37-,38-,39-,40-,41+,42+,43-,44+,45-,46+,47+,48+,49+,50-/m1/s1. The average Bonchev–Trinajstić information content (AvgIpc) is 3.82. The van der Waals surface area contributed by atoms with Crippen LogP contribution in [0.3, 0.4) is 0 Å². The average molecular weight is 1030 g/mol. The Balaban J connectivity index is 0.826. The van der Waals surface area contributed by atoms with Gasteiger partial charge in [-0.3, -0.25) is 0 Å². The Labute approximate surface area is 419 Å². The van der Waals surface area contributed by atoms with Crippen LogP contribution < -0.4 is 0 Å². The third-order valence-electron chi connectivity index (χ3n) is 19.4. The van der Waals surface area contributed by atoms with Gasteiger partial charge in [0.1, 0.15) is 91.6 Å². The van der Waals surface area contributed by atoms with Crippen LogP contribution in [0, 0.1) is 46.3 Å². The van der Waals surface area contributed by atoms with Gasteiger partial charge < -0.3 is 109 Å². The van der Waals surface area contributed by atoms with Crippen LogP contribution in [-0.4, -0.2) is 229 Å². The molecular weight excluding hydrogens is 953 g/mol. The Kier molecular flexibility index (Phi) is 15.7. The van der Waals surface area contributed by atoms with E-state index >= 15 is 0 Å². The van der Waals surface area contributed by atoms with Gasteiger partial charge in [-0.2, -0.15) is 0 Å². The Bertz CT molecular complexity index is 1890. The molecule has 22 nitrogen and oxygen atoms in total. The summed E-state index contributed by atoms with van der Waals surface area (Å²) in [6.07, 6.45) is -22.3. The van der Waals surface area contributed by atoms with Gasteiger partial charge in [0.25, 0.3) is 0 Å². The van der Waals surface area contributed by atoms with Gasteiger partial charge in [0.05, 0.1) is 45.2 Å². The van der Waals surface area contributed by atoms with E-state index in [-0.39, 0.29) is 16.9 Å². The maximum absolute atomic E-state index is 11.8. The van der Waals surface area contributed by atoms with Crippen molar-refractivity contribution in [1.82, 2.24) is 0 Å². The van der Waals surface area contributed by atoms with Crippen LogP contribution in [-0.2, 0) is 47.4 Å². The van der Waals surface area contributed by atoms with E-state index in [1.54, 1.807) is 0 Å². The van der Waals surface area contributed by atoms with Crippen LogP contribution in [0.2, 0.25) is 0 Å². The Morgan fingerprint density at radius 3 is 1.94 bits per heavy atom. The molecule has 10 rings (SSSR count). The van der Waals surface area contributed by atoms with Crippen molar-refractivity contribution in [1.29, 1.82) is 0 Å². The van der Waals surface area contributed by atoms with Gasteiger partial charge in [0.2, 0.25) is 0 Å². The minimum atomic E-state index is -2.00. The predicted octanol–water partition coefficient (Wildman–Crippen LogP) is -2.35. The summed E-state index contributed by atoms with van der Waals surface area (Å²) in [7, 11) is 0. The Morgan fingerprint density at radius 2 is 1.24 bits per heavy atom. The lowest BCUT2D eigenvalue weighted by Gasteiger charge is -2.58. The molecule has 0 aromatic heterocycles. The fourth-order valence-corrected chi connectivity index (χ4v) is 15.3. The summed E-state index contributed by atoms with van der Waals surface area (Å²) in [4.78, 5) is 0. The predicted molar refractivity (Wildman–Crippen MR) is 242 cm³/mol. The van der Waals surface area contributed by atoms with Crippen molar-refractivity contribution < 1.29 is 109 Å². The molecule has 0 aromatic rings. The summed E-state index contributed by atoms with van der Waals surface area (Å²) in [5, 5.41) is 129. The van der Waals surface area contributed by atoms with Gasteiger partial charge in [-0.1, -0.05) is 39.3 Å². The van der Waals surface area contributed by atoms with Crippen molar-refractivity contribution in [2.45, 2.75) is 220 Å². The zero-order valence-corrected chi connectivity index (χ0v) is 41.5. The number of allylic oxidation sites excluding steroid dienone is 1. The van der Waals surface area contributed by atoms with Gasteiger partial charge in [0, 0.05) is 12.3 Å². The fourth-order valence-electron chi connectivity index (χ4n) is 15.3. The first-order valence-corrected chi connectivity index (χ1v) is 26.4. The monoisotopic (exact) mass is 1030 g/mol. The van der Waals surface area contributed by atoms with Crippen molar-refractivity contribution in [2.24, 2.45) is 46.3 Å². The van der Waals surface area contributed by atoms with E-state index in [0.29, 0.717) is 48.3 Å². The molecule has 0 aromatic carbocycles. The summed E-state index contributed by atoms with van der Waals surface area (Å²) in [5.74, 6) is 2.46. The van der Waals surface area contributed by atoms with Crippen LogP contribution in [0.25, 0.3) is 0 Å². The molecule has 6 saturated heterocycles. The maximum Gasteiger partial charge on any atom is 0.187 e. The molecule has 6 aliphatic heterocycles. The number of ether oxygens (including phenoxy) is 10. The van der Waals surface area contributed by atoms with Crippen LogP contribution in [0.15, 0.2) is 11.6 Å². The number of fused-ring (bicyclic) bond motifs is 7. The van der Waals surface area contributed by atoms with Gasteiger partial charge >= 0.3 is 0 Å². The highest BCUT2D eigenvalue weighted by Gasteiger charge is 2.69. The molecule has 0 radical (unpaired) electrons. The Hall–Kier alpha value is -1.14. The molecule has 1 spiro atoms. The smallest absolute Gasteiger partial charge is 0.187 e. The molecule has 9 fully saturated rings. The third kappa shape index (κ3) is 9.18. The Morgan fingerprint density at radius 1 is 0.597 bits per heavy atom. The van der Waals surface area contributed by atoms with Crippen molar-refractivity contribution in [2.75, 3.05) is 33.0 Å². The molecule has 10 aliphatic rings. The summed E-state index contributed by atoms with van der Waals surface area (Å²) in [5.41, 5.74) is 1.44. The number of hydrogen-bond donors (Lipinski definition) is 12. The zero-order valence-electron chi connectivity index (χ0n) is 41.5. The third-order valence-corrected chi connectivity index (χ3v) is 19.4. The van der Waals surface area contributed by atoms with E-state index in [4.69, 9.17) is 47.4 Å². The number of rotatable bonds is 11. The second-order valence-electron chi connectivity index (χ2n) is 23.5. The largest absolute Gasteiger partial charge is 0.394 e. The first-order chi connectivity index (χ1) is 34.3. The first kappa shape index (κ1) is 54.2. The number of aliphatic hydroxyl groups excluding tert-OH is 12. The molecule has 6 heterocycles.